The van der Waals surface area contributed by atoms with Crippen molar-refractivity contribution in [1.29, 1.82) is 5.26 Å². The summed E-state index contributed by atoms with van der Waals surface area (Å²) in [6.45, 7) is 0. The van der Waals surface area contributed by atoms with Crippen molar-refractivity contribution in [3.63, 3.8) is 0 Å². The summed E-state index contributed by atoms with van der Waals surface area (Å²) in [5, 5.41) is 8.98. The fraction of sp³-hybridized carbons (Fsp3) is 0.0909. The van der Waals surface area contributed by atoms with Crippen LogP contribution in [0.1, 0.15) is 12.0 Å². The van der Waals surface area contributed by atoms with Crippen LogP contribution in [0, 0.1) is 11.3 Å². The van der Waals surface area contributed by atoms with E-state index in [9.17, 15) is 0 Å². The van der Waals surface area contributed by atoms with E-state index < -0.39 is 0 Å². The smallest absolute Gasteiger partial charge is 0.181 e. The first-order valence-corrected chi connectivity index (χ1v) is 5.31. The van der Waals surface area contributed by atoms with Crippen LogP contribution >= 0.6 is 11.3 Å². The molecule has 0 unspecified atom stereocenters. The number of fused-ring (bicyclic) bond motifs is 1. The molecule has 0 spiro atoms. The number of thiazole rings is 1. The van der Waals surface area contributed by atoms with Crippen molar-refractivity contribution in [2.75, 3.05) is 5.73 Å². The highest BCUT2D eigenvalue weighted by Crippen LogP contribution is 2.24. The SMILES string of the molecule is N#CCC=Cc1ccc2sc(N)nc2c1. The van der Waals surface area contributed by atoms with Gasteiger partial charge in [0.2, 0.25) is 0 Å². The van der Waals surface area contributed by atoms with Gasteiger partial charge in [0.15, 0.2) is 5.13 Å². The predicted octanol–water partition coefficient (Wildman–Crippen LogP) is 2.81. The molecule has 15 heavy (non-hydrogen) atoms. The number of aromatic nitrogens is 1. The molecule has 0 saturated carbocycles. The molecule has 0 atom stereocenters. The van der Waals surface area contributed by atoms with Gasteiger partial charge in [-0.1, -0.05) is 29.6 Å². The predicted molar refractivity (Wildman–Crippen MR) is 63.3 cm³/mol. The Kier molecular flexibility index (Phi) is 2.66. The molecule has 0 amide bonds. The number of hydrogen-bond acceptors (Lipinski definition) is 4. The molecule has 0 aliphatic heterocycles. The Morgan fingerprint density at radius 2 is 2.40 bits per heavy atom. The minimum atomic E-state index is 0.428. The van der Waals surface area contributed by atoms with Crippen LogP contribution in [0.2, 0.25) is 0 Å². The lowest BCUT2D eigenvalue weighted by atomic mass is 10.2. The minimum Gasteiger partial charge on any atom is -0.375 e. The molecule has 2 aromatic rings. The Balaban J connectivity index is 2.34. The van der Waals surface area contributed by atoms with E-state index in [1.54, 1.807) is 0 Å². The van der Waals surface area contributed by atoms with Crippen molar-refractivity contribution >= 4 is 32.8 Å². The maximum Gasteiger partial charge on any atom is 0.181 e. The van der Waals surface area contributed by atoms with Gasteiger partial charge in [-0.2, -0.15) is 5.26 Å². The van der Waals surface area contributed by atoms with Gasteiger partial charge in [-0.05, 0) is 17.7 Å². The lowest BCUT2D eigenvalue weighted by Crippen LogP contribution is -1.79. The molecule has 2 N–H and O–H groups in total. The Bertz CT molecular complexity index is 548. The summed E-state index contributed by atoms with van der Waals surface area (Å²) >= 11 is 1.48. The van der Waals surface area contributed by atoms with Crippen molar-refractivity contribution < 1.29 is 0 Å². The molecule has 3 nitrogen and oxygen atoms in total. The lowest BCUT2D eigenvalue weighted by Gasteiger charge is -1.91. The summed E-state index contributed by atoms with van der Waals surface area (Å²) in [7, 11) is 0. The summed E-state index contributed by atoms with van der Waals surface area (Å²) in [6, 6.07) is 8.02. The van der Waals surface area contributed by atoms with E-state index in [0.29, 0.717) is 11.6 Å². The maximum absolute atomic E-state index is 8.39. The van der Waals surface area contributed by atoms with Crippen molar-refractivity contribution in [3.8, 4) is 6.07 Å². The quantitative estimate of drug-likeness (QED) is 0.837. The summed E-state index contributed by atoms with van der Waals surface area (Å²) in [5.41, 5.74) is 7.57. The Hall–Kier alpha value is -1.86. The van der Waals surface area contributed by atoms with E-state index in [0.717, 1.165) is 15.8 Å². The Morgan fingerprint density at radius 1 is 1.53 bits per heavy atom. The third-order valence-electron chi connectivity index (χ3n) is 1.95. The van der Waals surface area contributed by atoms with Crippen LogP contribution in [-0.4, -0.2) is 4.98 Å². The molecule has 4 heteroatoms. The Morgan fingerprint density at radius 3 is 3.20 bits per heavy atom. The van der Waals surface area contributed by atoms with Gasteiger partial charge in [-0.3, -0.25) is 0 Å². The van der Waals surface area contributed by atoms with Crippen LogP contribution in [-0.2, 0) is 0 Å². The second-order valence-electron chi connectivity index (χ2n) is 3.04. The number of allylic oxidation sites excluding steroid dienone is 1. The molecule has 1 heterocycles. The number of anilines is 1. The Labute approximate surface area is 91.5 Å². The highest BCUT2D eigenvalue weighted by atomic mass is 32.1. The summed E-state index contributed by atoms with van der Waals surface area (Å²) in [5.74, 6) is 0. The number of rotatable bonds is 2. The standard InChI is InChI=1S/C11H9N3S/c12-6-2-1-3-8-4-5-10-9(7-8)14-11(13)15-10/h1,3-5,7H,2H2,(H2,13,14). The van der Waals surface area contributed by atoms with Crippen LogP contribution in [0.25, 0.3) is 16.3 Å². The number of benzene rings is 1. The second kappa shape index (κ2) is 4.11. The highest BCUT2D eigenvalue weighted by Gasteiger charge is 1.99. The second-order valence-corrected chi connectivity index (χ2v) is 4.11. The molecule has 0 saturated heterocycles. The normalized spacial score (nSPS) is 10.9. The van der Waals surface area contributed by atoms with Gasteiger partial charge in [0.25, 0.3) is 0 Å². The minimum absolute atomic E-state index is 0.428. The van der Waals surface area contributed by atoms with Gasteiger partial charge in [0, 0.05) is 0 Å². The van der Waals surface area contributed by atoms with Crippen molar-refractivity contribution in [2.24, 2.45) is 0 Å². The molecule has 0 bridgehead atoms. The van der Waals surface area contributed by atoms with Crippen molar-refractivity contribution in [1.82, 2.24) is 4.98 Å². The van der Waals surface area contributed by atoms with E-state index in [1.807, 2.05) is 30.4 Å². The van der Waals surface area contributed by atoms with Crippen LogP contribution < -0.4 is 5.73 Å². The summed E-state index contributed by atoms with van der Waals surface area (Å²) in [6.07, 6.45) is 4.17. The molecule has 0 aliphatic carbocycles. The molecule has 74 valence electrons. The van der Waals surface area contributed by atoms with Gasteiger partial charge in [0.05, 0.1) is 22.7 Å². The van der Waals surface area contributed by atoms with Crippen LogP contribution in [0.3, 0.4) is 0 Å². The van der Waals surface area contributed by atoms with Crippen molar-refractivity contribution in [3.05, 3.63) is 29.8 Å². The number of nitrogens with zero attached hydrogens (tertiary/aromatic N) is 2. The van der Waals surface area contributed by atoms with E-state index in [1.165, 1.54) is 11.3 Å². The molecule has 0 aliphatic rings. The zero-order chi connectivity index (χ0) is 10.7. The van der Waals surface area contributed by atoms with E-state index >= 15 is 0 Å². The molecular formula is C11H9N3S. The molecule has 2 rings (SSSR count). The van der Waals surface area contributed by atoms with Gasteiger partial charge in [0.1, 0.15) is 0 Å². The molecule has 1 aromatic heterocycles. The number of nitriles is 1. The number of nitrogens with two attached hydrogens (primary N) is 1. The summed E-state index contributed by atoms with van der Waals surface area (Å²) < 4.78 is 1.09. The lowest BCUT2D eigenvalue weighted by molar-refractivity contribution is 1.36. The molecule has 0 fully saturated rings. The molecule has 1 aromatic carbocycles. The van der Waals surface area contributed by atoms with Gasteiger partial charge in [-0.15, -0.1) is 0 Å². The maximum atomic E-state index is 8.39. The molecular weight excluding hydrogens is 206 g/mol. The van der Waals surface area contributed by atoms with Crippen LogP contribution in [0.5, 0.6) is 0 Å². The van der Waals surface area contributed by atoms with Gasteiger partial charge >= 0.3 is 0 Å². The highest BCUT2D eigenvalue weighted by molar-refractivity contribution is 7.22. The first-order chi connectivity index (χ1) is 7.29. The number of nitrogen functional groups attached to an aromatic ring is 1. The van der Waals surface area contributed by atoms with Gasteiger partial charge < -0.3 is 5.73 Å². The fourth-order valence-corrected chi connectivity index (χ4v) is 2.03. The third-order valence-corrected chi connectivity index (χ3v) is 2.81. The fourth-order valence-electron chi connectivity index (χ4n) is 1.31. The average Bonchev–Trinajstić information content (AvgIpc) is 2.57. The first-order valence-electron chi connectivity index (χ1n) is 4.49. The first kappa shape index (κ1) is 9.69. The van der Waals surface area contributed by atoms with E-state index in [4.69, 9.17) is 11.0 Å². The van der Waals surface area contributed by atoms with Crippen LogP contribution in [0.15, 0.2) is 24.3 Å². The third kappa shape index (κ3) is 2.14. The topological polar surface area (TPSA) is 62.7 Å². The number of hydrogen-bond donors (Lipinski definition) is 1. The van der Waals surface area contributed by atoms with Gasteiger partial charge in [-0.25, -0.2) is 4.98 Å². The van der Waals surface area contributed by atoms with Crippen molar-refractivity contribution in [2.45, 2.75) is 6.42 Å². The molecule has 0 radical (unpaired) electrons. The largest absolute Gasteiger partial charge is 0.375 e. The van der Waals surface area contributed by atoms with E-state index in [2.05, 4.69) is 11.1 Å². The van der Waals surface area contributed by atoms with Crippen LogP contribution in [0.4, 0.5) is 5.13 Å². The van der Waals surface area contributed by atoms with E-state index in [-0.39, 0.29) is 0 Å². The zero-order valence-corrected chi connectivity index (χ0v) is 8.79. The average molecular weight is 215 g/mol. The monoisotopic (exact) mass is 215 g/mol. The zero-order valence-electron chi connectivity index (χ0n) is 7.97. The summed E-state index contributed by atoms with van der Waals surface area (Å²) in [4.78, 5) is 4.20.